The molecule has 2 rings (SSSR count). The fraction of sp³-hybridized carbons (Fsp3) is 0.312. The number of aromatic nitrogens is 1. The molecule has 0 saturated carbocycles. The summed E-state index contributed by atoms with van der Waals surface area (Å²) in [5.41, 5.74) is 1.57. The Balaban J connectivity index is 1.60. The lowest BCUT2D eigenvalue weighted by molar-refractivity contribution is -0.121. The minimum Gasteiger partial charge on any atom is -0.481 e. The van der Waals surface area contributed by atoms with E-state index in [0.717, 1.165) is 5.56 Å². The Labute approximate surface area is 138 Å². The summed E-state index contributed by atoms with van der Waals surface area (Å²) >= 11 is 1.48. The number of ether oxygens (including phenoxy) is 1. The SMILES string of the molecule is COc1ccc(CNC(=O)CCCNC(=O)c2ccsc2)cn1. The number of hydrogen-bond donors (Lipinski definition) is 2. The Kier molecular flexibility index (Phi) is 6.56. The average Bonchev–Trinajstić information content (AvgIpc) is 3.12. The molecule has 23 heavy (non-hydrogen) atoms. The molecular formula is C16H19N3O3S. The third-order valence-electron chi connectivity index (χ3n) is 3.15. The van der Waals surface area contributed by atoms with E-state index >= 15 is 0 Å². The maximum absolute atomic E-state index is 11.7. The van der Waals surface area contributed by atoms with Gasteiger partial charge in [0.1, 0.15) is 0 Å². The van der Waals surface area contributed by atoms with E-state index in [1.54, 1.807) is 30.8 Å². The van der Waals surface area contributed by atoms with E-state index in [0.29, 0.717) is 37.4 Å². The van der Waals surface area contributed by atoms with Gasteiger partial charge in [0.2, 0.25) is 11.8 Å². The summed E-state index contributed by atoms with van der Waals surface area (Å²) in [6.45, 7) is 0.906. The average molecular weight is 333 g/mol. The highest BCUT2D eigenvalue weighted by atomic mass is 32.1. The Hall–Kier alpha value is -2.41. The molecule has 0 fully saturated rings. The summed E-state index contributed by atoms with van der Waals surface area (Å²) in [5, 5.41) is 9.27. The smallest absolute Gasteiger partial charge is 0.252 e. The molecule has 2 amide bonds. The maximum atomic E-state index is 11.7. The van der Waals surface area contributed by atoms with E-state index in [4.69, 9.17) is 4.74 Å². The number of rotatable bonds is 8. The van der Waals surface area contributed by atoms with E-state index < -0.39 is 0 Å². The lowest BCUT2D eigenvalue weighted by Gasteiger charge is -2.06. The minimum absolute atomic E-state index is 0.0504. The maximum Gasteiger partial charge on any atom is 0.252 e. The molecule has 0 aliphatic heterocycles. The molecule has 0 aliphatic rings. The van der Waals surface area contributed by atoms with Gasteiger partial charge in [-0.05, 0) is 23.4 Å². The van der Waals surface area contributed by atoms with Crippen LogP contribution in [0.15, 0.2) is 35.2 Å². The molecule has 6 nitrogen and oxygen atoms in total. The van der Waals surface area contributed by atoms with Gasteiger partial charge in [-0.2, -0.15) is 11.3 Å². The highest BCUT2D eigenvalue weighted by Gasteiger charge is 2.06. The topological polar surface area (TPSA) is 80.3 Å². The van der Waals surface area contributed by atoms with E-state index in [1.807, 2.05) is 11.4 Å². The summed E-state index contributed by atoms with van der Waals surface area (Å²) in [7, 11) is 1.56. The van der Waals surface area contributed by atoms with Crippen LogP contribution in [0.1, 0.15) is 28.8 Å². The highest BCUT2D eigenvalue weighted by Crippen LogP contribution is 2.07. The number of nitrogens with one attached hydrogen (secondary N) is 2. The first-order valence-electron chi connectivity index (χ1n) is 7.25. The van der Waals surface area contributed by atoms with Crippen molar-refractivity contribution in [1.82, 2.24) is 15.6 Å². The summed E-state index contributed by atoms with van der Waals surface area (Å²) in [6, 6.07) is 5.38. The van der Waals surface area contributed by atoms with Gasteiger partial charge in [-0.15, -0.1) is 0 Å². The van der Waals surface area contributed by atoms with Crippen molar-refractivity contribution in [2.75, 3.05) is 13.7 Å². The number of thiophene rings is 1. The van der Waals surface area contributed by atoms with Gasteiger partial charge in [0.05, 0.1) is 7.11 Å². The van der Waals surface area contributed by atoms with Crippen molar-refractivity contribution in [2.24, 2.45) is 0 Å². The first kappa shape index (κ1) is 17.0. The van der Waals surface area contributed by atoms with Gasteiger partial charge >= 0.3 is 0 Å². The summed E-state index contributed by atoms with van der Waals surface area (Å²) < 4.78 is 4.97. The predicted molar refractivity (Wildman–Crippen MR) is 88.5 cm³/mol. The van der Waals surface area contributed by atoms with Crippen LogP contribution in [0.5, 0.6) is 5.88 Å². The third-order valence-corrected chi connectivity index (χ3v) is 3.83. The minimum atomic E-state index is -0.101. The van der Waals surface area contributed by atoms with Gasteiger partial charge < -0.3 is 15.4 Å². The van der Waals surface area contributed by atoms with Gasteiger partial charge in [0.25, 0.3) is 5.91 Å². The van der Waals surface area contributed by atoms with Crippen molar-refractivity contribution < 1.29 is 14.3 Å². The van der Waals surface area contributed by atoms with Crippen LogP contribution in [0.2, 0.25) is 0 Å². The molecule has 2 heterocycles. The van der Waals surface area contributed by atoms with Gasteiger partial charge in [-0.3, -0.25) is 9.59 Å². The van der Waals surface area contributed by atoms with Crippen LogP contribution in [0, 0.1) is 0 Å². The standard InChI is InChI=1S/C16H19N3O3S/c1-22-15-5-4-12(10-19-15)9-18-14(20)3-2-7-17-16(21)13-6-8-23-11-13/h4-6,8,10-11H,2-3,7,9H2,1H3,(H,17,21)(H,18,20). The van der Waals surface area contributed by atoms with Crippen molar-refractivity contribution >= 4 is 23.2 Å². The number of carbonyl (C=O) groups excluding carboxylic acids is 2. The number of amides is 2. The zero-order valence-corrected chi connectivity index (χ0v) is 13.7. The third kappa shape index (κ3) is 5.71. The Morgan fingerprint density at radius 1 is 1.26 bits per heavy atom. The second kappa shape index (κ2) is 8.89. The van der Waals surface area contributed by atoms with Crippen molar-refractivity contribution in [3.63, 3.8) is 0 Å². The number of methoxy groups -OCH3 is 1. The zero-order valence-electron chi connectivity index (χ0n) is 12.9. The lowest BCUT2D eigenvalue weighted by atomic mass is 10.2. The summed E-state index contributed by atoms with van der Waals surface area (Å²) in [4.78, 5) is 27.5. The summed E-state index contributed by atoms with van der Waals surface area (Å²) in [6.07, 6.45) is 2.64. The Bertz CT molecular complexity index is 627. The Morgan fingerprint density at radius 2 is 2.13 bits per heavy atom. The second-order valence-corrected chi connectivity index (χ2v) is 5.64. The van der Waals surface area contributed by atoms with Crippen LogP contribution in [-0.2, 0) is 11.3 Å². The zero-order chi connectivity index (χ0) is 16.5. The molecule has 0 radical (unpaired) electrons. The molecule has 122 valence electrons. The normalized spacial score (nSPS) is 10.1. The van der Waals surface area contributed by atoms with E-state index in [1.165, 1.54) is 11.3 Å². The molecule has 0 atom stereocenters. The molecule has 0 saturated heterocycles. The Morgan fingerprint density at radius 3 is 2.78 bits per heavy atom. The van der Waals surface area contributed by atoms with Crippen molar-refractivity contribution in [2.45, 2.75) is 19.4 Å². The second-order valence-electron chi connectivity index (χ2n) is 4.86. The first-order chi connectivity index (χ1) is 11.2. The van der Waals surface area contributed by atoms with Crippen LogP contribution in [0.3, 0.4) is 0 Å². The number of hydrogen-bond acceptors (Lipinski definition) is 5. The monoisotopic (exact) mass is 333 g/mol. The van der Waals surface area contributed by atoms with Crippen LogP contribution >= 0.6 is 11.3 Å². The molecule has 0 spiro atoms. The van der Waals surface area contributed by atoms with Crippen LogP contribution in [0.25, 0.3) is 0 Å². The van der Waals surface area contributed by atoms with E-state index in [-0.39, 0.29) is 11.8 Å². The van der Waals surface area contributed by atoms with Crippen LogP contribution in [0.4, 0.5) is 0 Å². The molecular weight excluding hydrogens is 314 g/mol. The van der Waals surface area contributed by atoms with E-state index in [2.05, 4.69) is 15.6 Å². The molecule has 0 aliphatic carbocycles. The molecule has 0 unspecified atom stereocenters. The lowest BCUT2D eigenvalue weighted by Crippen LogP contribution is -2.27. The number of carbonyl (C=O) groups is 2. The van der Waals surface area contributed by atoms with Crippen LogP contribution < -0.4 is 15.4 Å². The van der Waals surface area contributed by atoms with Gasteiger partial charge in [0, 0.05) is 42.7 Å². The highest BCUT2D eigenvalue weighted by molar-refractivity contribution is 7.08. The fourth-order valence-electron chi connectivity index (χ4n) is 1.87. The summed E-state index contributed by atoms with van der Waals surface area (Å²) in [5.74, 6) is 0.392. The molecule has 2 N–H and O–H groups in total. The molecule has 0 aromatic carbocycles. The molecule has 7 heteroatoms. The number of pyridine rings is 1. The number of nitrogens with zero attached hydrogens (tertiary/aromatic N) is 1. The van der Waals surface area contributed by atoms with Crippen molar-refractivity contribution in [1.29, 1.82) is 0 Å². The fourth-order valence-corrected chi connectivity index (χ4v) is 2.51. The molecule has 2 aromatic heterocycles. The molecule has 2 aromatic rings. The van der Waals surface area contributed by atoms with Gasteiger partial charge in [-0.1, -0.05) is 6.07 Å². The predicted octanol–water partition coefficient (Wildman–Crippen LogP) is 1.98. The van der Waals surface area contributed by atoms with Crippen molar-refractivity contribution in [3.05, 3.63) is 46.3 Å². The first-order valence-corrected chi connectivity index (χ1v) is 8.19. The molecule has 0 bridgehead atoms. The quantitative estimate of drug-likeness (QED) is 0.724. The van der Waals surface area contributed by atoms with Crippen LogP contribution in [-0.4, -0.2) is 30.5 Å². The van der Waals surface area contributed by atoms with E-state index in [9.17, 15) is 9.59 Å². The van der Waals surface area contributed by atoms with Crippen molar-refractivity contribution in [3.8, 4) is 5.88 Å². The van der Waals surface area contributed by atoms with Gasteiger partial charge in [-0.25, -0.2) is 4.98 Å². The van der Waals surface area contributed by atoms with Gasteiger partial charge in [0.15, 0.2) is 0 Å². The largest absolute Gasteiger partial charge is 0.481 e.